The molecule has 0 radical (unpaired) electrons. The molecule has 4 nitrogen and oxygen atoms in total. The topological polar surface area (TPSA) is 44.4 Å². The Morgan fingerprint density at radius 1 is 1.60 bits per heavy atom. The number of likely N-dealkylation sites (N-methyl/N-ethyl adjacent to an activating group) is 1. The summed E-state index contributed by atoms with van der Waals surface area (Å²) in [5, 5.41) is 6.37. The largest absolute Gasteiger partial charge is 0.356 e. The van der Waals surface area contributed by atoms with Gasteiger partial charge in [0.25, 0.3) is 0 Å². The Hall–Kier alpha value is -0.610. The number of amides is 1. The second-order valence-corrected chi connectivity index (χ2v) is 4.61. The quantitative estimate of drug-likeness (QED) is 0.701. The zero-order valence-electron chi connectivity index (χ0n) is 10.0. The van der Waals surface area contributed by atoms with Gasteiger partial charge in [-0.25, -0.2) is 0 Å². The van der Waals surface area contributed by atoms with Gasteiger partial charge in [-0.3, -0.25) is 4.79 Å². The van der Waals surface area contributed by atoms with Gasteiger partial charge in [-0.15, -0.1) is 0 Å². The summed E-state index contributed by atoms with van der Waals surface area (Å²) in [6.07, 6.45) is 2.80. The molecule has 2 atom stereocenters. The zero-order valence-corrected chi connectivity index (χ0v) is 10.0. The van der Waals surface area contributed by atoms with Crippen molar-refractivity contribution >= 4 is 5.91 Å². The van der Waals surface area contributed by atoms with Crippen molar-refractivity contribution in [3.63, 3.8) is 0 Å². The van der Waals surface area contributed by atoms with Crippen molar-refractivity contribution in [3.8, 4) is 0 Å². The van der Waals surface area contributed by atoms with Crippen LogP contribution in [0, 0.1) is 0 Å². The molecule has 0 aromatic heterocycles. The molecule has 1 rings (SSSR count). The van der Waals surface area contributed by atoms with E-state index in [4.69, 9.17) is 0 Å². The molecule has 88 valence electrons. The molecule has 0 saturated carbocycles. The highest BCUT2D eigenvalue weighted by atomic mass is 16.1. The van der Waals surface area contributed by atoms with Gasteiger partial charge in [0.05, 0.1) is 0 Å². The van der Waals surface area contributed by atoms with Gasteiger partial charge >= 0.3 is 0 Å². The van der Waals surface area contributed by atoms with Crippen molar-refractivity contribution in [2.45, 2.75) is 38.3 Å². The highest BCUT2D eigenvalue weighted by Crippen LogP contribution is 2.06. The maximum atomic E-state index is 11.3. The maximum absolute atomic E-state index is 11.3. The van der Waals surface area contributed by atoms with Gasteiger partial charge in [-0.2, -0.15) is 0 Å². The molecule has 1 aliphatic rings. The molecule has 2 unspecified atom stereocenters. The minimum atomic E-state index is 0.183. The second-order valence-electron chi connectivity index (χ2n) is 4.61. The summed E-state index contributed by atoms with van der Waals surface area (Å²) in [6.45, 7) is 3.97. The molecule has 1 amide bonds. The van der Waals surface area contributed by atoms with Crippen LogP contribution in [0.4, 0.5) is 0 Å². The van der Waals surface area contributed by atoms with Crippen LogP contribution in [-0.2, 0) is 4.79 Å². The first kappa shape index (κ1) is 12.5. The van der Waals surface area contributed by atoms with Crippen molar-refractivity contribution in [1.29, 1.82) is 0 Å². The van der Waals surface area contributed by atoms with E-state index in [0.717, 1.165) is 25.9 Å². The Morgan fingerprint density at radius 3 is 3.00 bits per heavy atom. The summed E-state index contributed by atoms with van der Waals surface area (Å²) in [4.78, 5) is 13.5. The number of hydrogen-bond donors (Lipinski definition) is 2. The number of nitrogens with zero attached hydrogens (tertiary/aromatic N) is 1. The van der Waals surface area contributed by atoms with E-state index in [9.17, 15) is 4.79 Å². The van der Waals surface area contributed by atoms with Crippen LogP contribution < -0.4 is 10.6 Å². The normalized spacial score (nSPS) is 24.8. The first-order valence-electron chi connectivity index (χ1n) is 5.76. The fourth-order valence-corrected chi connectivity index (χ4v) is 1.67. The smallest absolute Gasteiger partial charge is 0.221 e. The molecule has 0 bridgehead atoms. The van der Waals surface area contributed by atoms with Crippen LogP contribution in [0.3, 0.4) is 0 Å². The van der Waals surface area contributed by atoms with Crippen LogP contribution in [0.25, 0.3) is 0 Å². The van der Waals surface area contributed by atoms with E-state index in [1.54, 1.807) is 0 Å². The predicted octanol–water partition coefficient (Wildman–Crippen LogP) is 0.195. The third-order valence-corrected chi connectivity index (χ3v) is 3.07. The van der Waals surface area contributed by atoms with Crippen molar-refractivity contribution in [2.24, 2.45) is 0 Å². The highest BCUT2D eigenvalue weighted by Gasteiger charge is 2.17. The number of carbonyl (C=O) groups excluding carboxylic acids is 1. The molecule has 4 heteroatoms. The average molecular weight is 213 g/mol. The van der Waals surface area contributed by atoms with E-state index >= 15 is 0 Å². The molecule has 0 spiro atoms. The molecule has 0 aromatic carbocycles. The molecule has 2 N–H and O–H groups in total. The summed E-state index contributed by atoms with van der Waals surface area (Å²) >= 11 is 0. The Bertz CT molecular complexity index is 206. The summed E-state index contributed by atoms with van der Waals surface area (Å²) in [5.41, 5.74) is 0. The lowest BCUT2D eigenvalue weighted by atomic mass is 10.1. The Balaban J connectivity index is 2.27. The minimum Gasteiger partial charge on any atom is -0.356 e. The van der Waals surface area contributed by atoms with Crippen molar-refractivity contribution in [2.75, 3.05) is 27.2 Å². The Labute approximate surface area is 92.4 Å². The van der Waals surface area contributed by atoms with E-state index in [1.807, 2.05) is 0 Å². The highest BCUT2D eigenvalue weighted by molar-refractivity contribution is 5.76. The third-order valence-electron chi connectivity index (χ3n) is 3.07. The molecule has 15 heavy (non-hydrogen) atoms. The van der Waals surface area contributed by atoms with Gasteiger partial charge in [0.1, 0.15) is 0 Å². The number of carbonyl (C=O) groups is 1. The van der Waals surface area contributed by atoms with Crippen LogP contribution in [0.2, 0.25) is 0 Å². The van der Waals surface area contributed by atoms with Crippen molar-refractivity contribution < 1.29 is 4.79 Å². The van der Waals surface area contributed by atoms with Crippen molar-refractivity contribution in [3.05, 3.63) is 0 Å². The predicted molar refractivity (Wildman–Crippen MR) is 61.8 cm³/mol. The first-order valence-corrected chi connectivity index (χ1v) is 5.76. The minimum absolute atomic E-state index is 0.183. The monoisotopic (exact) mass is 213 g/mol. The Morgan fingerprint density at radius 2 is 2.33 bits per heavy atom. The van der Waals surface area contributed by atoms with Gasteiger partial charge in [0.2, 0.25) is 5.91 Å². The van der Waals surface area contributed by atoms with Gasteiger partial charge < -0.3 is 15.5 Å². The van der Waals surface area contributed by atoms with E-state index in [-0.39, 0.29) is 5.91 Å². The summed E-state index contributed by atoms with van der Waals surface area (Å²) in [6, 6.07) is 0.867. The number of nitrogens with one attached hydrogen (secondary N) is 2. The van der Waals surface area contributed by atoms with Crippen molar-refractivity contribution in [1.82, 2.24) is 15.5 Å². The first-order chi connectivity index (χ1) is 7.09. The molecule has 0 aliphatic carbocycles. The molecule has 1 saturated heterocycles. The zero-order chi connectivity index (χ0) is 11.3. The average Bonchev–Trinajstić information content (AvgIpc) is 2.38. The van der Waals surface area contributed by atoms with Crippen LogP contribution in [0.15, 0.2) is 0 Å². The fraction of sp³-hybridized carbons (Fsp3) is 0.909. The second kappa shape index (κ2) is 6.08. The molecular formula is C11H23N3O. The van der Waals surface area contributed by atoms with E-state index in [0.29, 0.717) is 18.5 Å². The van der Waals surface area contributed by atoms with Gasteiger partial charge in [-0.05, 0) is 33.9 Å². The Kier molecular flexibility index (Phi) is 5.05. The molecule has 1 heterocycles. The van der Waals surface area contributed by atoms with E-state index in [2.05, 4.69) is 36.6 Å². The van der Waals surface area contributed by atoms with Gasteiger partial charge in [0, 0.05) is 31.6 Å². The summed E-state index contributed by atoms with van der Waals surface area (Å²) < 4.78 is 0. The summed E-state index contributed by atoms with van der Waals surface area (Å²) in [5.74, 6) is 0.183. The standard InChI is InChI=1S/C11H23N3O/c1-9(14(2)3)8-13-10-5-4-6-12-11(15)7-10/h9-10,13H,4-8H2,1-3H3,(H,12,15). The third kappa shape index (κ3) is 4.62. The summed E-state index contributed by atoms with van der Waals surface area (Å²) in [7, 11) is 4.15. The van der Waals surface area contributed by atoms with E-state index < -0.39 is 0 Å². The van der Waals surface area contributed by atoms with Crippen LogP contribution in [0.1, 0.15) is 26.2 Å². The van der Waals surface area contributed by atoms with Crippen LogP contribution in [0.5, 0.6) is 0 Å². The SMILES string of the molecule is CC(CNC1CCCNC(=O)C1)N(C)C. The van der Waals surface area contributed by atoms with E-state index in [1.165, 1.54) is 0 Å². The van der Waals surface area contributed by atoms with Crippen LogP contribution in [-0.4, -0.2) is 50.1 Å². The fourth-order valence-electron chi connectivity index (χ4n) is 1.67. The molecule has 0 aromatic rings. The molecular weight excluding hydrogens is 190 g/mol. The molecule has 1 aliphatic heterocycles. The molecule has 1 fully saturated rings. The number of hydrogen-bond acceptors (Lipinski definition) is 3. The maximum Gasteiger partial charge on any atom is 0.221 e. The van der Waals surface area contributed by atoms with Crippen LogP contribution >= 0.6 is 0 Å². The lowest BCUT2D eigenvalue weighted by molar-refractivity contribution is -0.121. The lowest BCUT2D eigenvalue weighted by Gasteiger charge is -2.23. The van der Waals surface area contributed by atoms with Gasteiger partial charge in [-0.1, -0.05) is 0 Å². The number of rotatable bonds is 4. The van der Waals surface area contributed by atoms with Gasteiger partial charge in [0.15, 0.2) is 0 Å². The lowest BCUT2D eigenvalue weighted by Crippen LogP contribution is -2.41.